The number of hydrogen-bond acceptors (Lipinski definition) is 5. The quantitative estimate of drug-likeness (QED) is 0.398. The number of likely N-dealkylation sites (N-methyl/N-ethyl adjacent to an activating group) is 1. The summed E-state index contributed by atoms with van der Waals surface area (Å²) in [6.45, 7) is 7.17. The first-order valence-electron chi connectivity index (χ1n) is 12.4. The van der Waals surface area contributed by atoms with Gasteiger partial charge in [0.2, 0.25) is 11.8 Å². The number of carbonyl (C=O) groups is 2. The van der Waals surface area contributed by atoms with Gasteiger partial charge in [-0.1, -0.05) is 42.5 Å². The maximum atomic E-state index is 13.9. The topological polar surface area (TPSA) is 96.0 Å². The lowest BCUT2D eigenvalue weighted by Gasteiger charge is -2.32. The van der Waals surface area contributed by atoms with Gasteiger partial charge in [-0.15, -0.1) is 0 Å². The van der Waals surface area contributed by atoms with Gasteiger partial charge < -0.3 is 15.0 Å². The fourth-order valence-corrected chi connectivity index (χ4v) is 5.54. The average molecular weight is 538 g/mol. The predicted octanol–water partition coefficient (Wildman–Crippen LogP) is 4.06. The van der Waals surface area contributed by atoms with Crippen molar-refractivity contribution in [2.75, 3.05) is 24.5 Å². The van der Waals surface area contributed by atoms with Crippen LogP contribution in [-0.2, 0) is 26.2 Å². The van der Waals surface area contributed by atoms with E-state index in [2.05, 4.69) is 5.32 Å². The van der Waals surface area contributed by atoms with Crippen LogP contribution in [0.4, 0.5) is 5.69 Å². The van der Waals surface area contributed by atoms with Crippen molar-refractivity contribution in [2.45, 2.75) is 45.2 Å². The number of nitrogens with zero attached hydrogens (tertiary/aromatic N) is 2. The molecule has 0 heterocycles. The van der Waals surface area contributed by atoms with Gasteiger partial charge in [0.15, 0.2) is 0 Å². The third kappa shape index (κ3) is 6.72. The second-order valence-electron chi connectivity index (χ2n) is 9.05. The lowest BCUT2D eigenvalue weighted by molar-refractivity contribution is -0.139. The van der Waals surface area contributed by atoms with Crippen molar-refractivity contribution in [3.8, 4) is 5.75 Å². The van der Waals surface area contributed by atoms with Gasteiger partial charge in [-0.3, -0.25) is 13.9 Å². The van der Waals surface area contributed by atoms with Crippen LogP contribution in [0.2, 0.25) is 0 Å². The van der Waals surface area contributed by atoms with Crippen LogP contribution in [0.3, 0.4) is 0 Å². The number of hydrogen-bond donors (Lipinski definition) is 1. The minimum Gasteiger partial charge on any atom is -0.497 e. The first-order chi connectivity index (χ1) is 18.1. The Bertz CT molecular complexity index is 1360. The molecule has 1 unspecified atom stereocenters. The largest absolute Gasteiger partial charge is 0.497 e. The van der Waals surface area contributed by atoms with Crippen LogP contribution in [0.1, 0.15) is 30.5 Å². The highest BCUT2D eigenvalue weighted by Gasteiger charge is 2.33. The molecule has 9 heteroatoms. The minimum absolute atomic E-state index is 0.0761. The summed E-state index contributed by atoms with van der Waals surface area (Å²) in [6.07, 6.45) is 0. The Balaban J connectivity index is 2.05. The first kappa shape index (κ1) is 28.7. The first-order valence-corrected chi connectivity index (χ1v) is 13.9. The summed E-state index contributed by atoms with van der Waals surface area (Å²) in [7, 11) is -2.52. The Hall–Kier alpha value is -3.85. The van der Waals surface area contributed by atoms with Crippen molar-refractivity contribution in [2.24, 2.45) is 0 Å². The fraction of sp³-hybridized carbons (Fsp3) is 0.310. The zero-order valence-electron chi connectivity index (χ0n) is 22.5. The van der Waals surface area contributed by atoms with Gasteiger partial charge in [0, 0.05) is 13.1 Å². The molecule has 1 N–H and O–H groups in total. The molecule has 0 bridgehead atoms. The molecule has 3 rings (SSSR count). The highest BCUT2D eigenvalue weighted by Crippen LogP contribution is 2.28. The summed E-state index contributed by atoms with van der Waals surface area (Å²) in [4.78, 5) is 28.2. The summed E-state index contributed by atoms with van der Waals surface area (Å²) in [5.74, 6) is -0.156. The molecule has 0 radical (unpaired) electrons. The molecular weight excluding hydrogens is 502 g/mol. The fourth-order valence-electron chi connectivity index (χ4n) is 4.05. The van der Waals surface area contributed by atoms with Gasteiger partial charge in [-0.25, -0.2) is 8.42 Å². The molecule has 0 saturated carbocycles. The van der Waals surface area contributed by atoms with Crippen LogP contribution in [0.5, 0.6) is 5.75 Å². The van der Waals surface area contributed by atoms with Crippen LogP contribution < -0.4 is 14.4 Å². The molecule has 38 heavy (non-hydrogen) atoms. The van der Waals surface area contributed by atoms with Crippen molar-refractivity contribution in [1.29, 1.82) is 0 Å². The Labute approximate surface area is 225 Å². The Morgan fingerprint density at radius 1 is 0.974 bits per heavy atom. The Morgan fingerprint density at radius 3 is 2.24 bits per heavy atom. The van der Waals surface area contributed by atoms with Crippen LogP contribution in [-0.4, -0.2) is 51.4 Å². The zero-order valence-corrected chi connectivity index (χ0v) is 23.3. The van der Waals surface area contributed by atoms with Gasteiger partial charge in [-0.05, 0) is 74.7 Å². The summed E-state index contributed by atoms with van der Waals surface area (Å²) in [6, 6.07) is 19.8. The lowest BCUT2D eigenvalue weighted by atomic mass is 10.1. The van der Waals surface area contributed by atoms with Gasteiger partial charge in [-0.2, -0.15) is 0 Å². The second kappa shape index (κ2) is 12.6. The SMILES string of the molecule is CCNC(=O)C(C)N(Cc1ccc(OC)cc1)C(=O)CN(c1cc(C)ccc1C)S(=O)(=O)c1ccccc1. The van der Waals surface area contributed by atoms with Crippen molar-refractivity contribution in [3.63, 3.8) is 0 Å². The molecule has 1 atom stereocenters. The van der Waals surface area contributed by atoms with Gasteiger partial charge in [0.25, 0.3) is 10.0 Å². The van der Waals surface area contributed by atoms with Crippen LogP contribution in [0.25, 0.3) is 0 Å². The molecule has 0 aliphatic carbocycles. The van der Waals surface area contributed by atoms with Crippen molar-refractivity contribution >= 4 is 27.5 Å². The van der Waals surface area contributed by atoms with Gasteiger partial charge >= 0.3 is 0 Å². The smallest absolute Gasteiger partial charge is 0.264 e. The van der Waals surface area contributed by atoms with E-state index in [1.54, 1.807) is 64.3 Å². The monoisotopic (exact) mass is 537 g/mol. The van der Waals surface area contributed by atoms with E-state index in [0.717, 1.165) is 15.4 Å². The molecule has 3 aromatic carbocycles. The van der Waals surface area contributed by atoms with E-state index in [4.69, 9.17) is 4.74 Å². The number of amides is 2. The molecule has 0 aromatic heterocycles. The molecule has 0 saturated heterocycles. The van der Waals surface area contributed by atoms with Crippen LogP contribution in [0, 0.1) is 13.8 Å². The lowest BCUT2D eigenvalue weighted by Crippen LogP contribution is -2.51. The number of ether oxygens (including phenoxy) is 1. The number of anilines is 1. The molecular formula is C29H35N3O5S. The van der Waals surface area contributed by atoms with Crippen LogP contribution >= 0.6 is 0 Å². The van der Waals surface area contributed by atoms with E-state index in [1.165, 1.54) is 17.0 Å². The number of nitrogens with one attached hydrogen (secondary N) is 1. The summed E-state index contributed by atoms with van der Waals surface area (Å²) in [5.41, 5.74) is 2.76. The number of benzene rings is 3. The maximum absolute atomic E-state index is 13.9. The van der Waals surface area contributed by atoms with Gasteiger partial charge in [0.1, 0.15) is 18.3 Å². The third-order valence-electron chi connectivity index (χ3n) is 6.27. The number of methoxy groups -OCH3 is 1. The zero-order chi connectivity index (χ0) is 27.9. The molecule has 0 spiro atoms. The van der Waals surface area contributed by atoms with E-state index in [1.807, 2.05) is 31.2 Å². The molecule has 0 fully saturated rings. The maximum Gasteiger partial charge on any atom is 0.264 e. The van der Waals surface area contributed by atoms with Crippen molar-refractivity contribution < 1.29 is 22.7 Å². The molecule has 3 aromatic rings. The predicted molar refractivity (Wildman–Crippen MR) is 149 cm³/mol. The van der Waals surface area contributed by atoms with Crippen molar-refractivity contribution in [1.82, 2.24) is 10.2 Å². The Morgan fingerprint density at radius 2 is 1.63 bits per heavy atom. The summed E-state index contributed by atoms with van der Waals surface area (Å²) < 4.78 is 34.1. The molecule has 202 valence electrons. The second-order valence-corrected chi connectivity index (χ2v) is 10.9. The molecule has 8 nitrogen and oxygen atoms in total. The summed E-state index contributed by atoms with van der Waals surface area (Å²) >= 11 is 0. The highest BCUT2D eigenvalue weighted by atomic mass is 32.2. The third-order valence-corrected chi connectivity index (χ3v) is 8.05. The average Bonchev–Trinajstić information content (AvgIpc) is 2.92. The highest BCUT2D eigenvalue weighted by molar-refractivity contribution is 7.92. The van der Waals surface area contributed by atoms with E-state index >= 15 is 0 Å². The van der Waals surface area contributed by atoms with E-state index in [9.17, 15) is 18.0 Å². The van der Waals surface area contributed by atoms with E-state index in [-0.39, 0.29) is 17.3 Å². The van der Waals surface area contributed by atoms with E-state index in [0.29, 0.717) is 23.5 Å². The van der Waals surface area contributed by atoms with Crippen molar-refractivity contribution in [3.05, 3.63) is 89.5 Å². The molecule has 0 aliphatic heterocycles. The Kier molecular flexibility index (Phi) is 9.52. The number of aryl methyl sites for hydroxylation is 2. The van der Waals surface area contributed by atoms with E-state index < -0.39 is 28.5 Å². The number of sulfonamides is 1. The van der Waals surface area contributed by atoms with Gasteiger partial charge in [0.05, 0.1) is 17.7 Å². The minimum atomic E-state index is -4.09. The molecule has 0 aliphatic rings. The standard InChI is InChI=1S/C29H35N3O5S/c1-6-30-29(34)23(4)31(19-24-14-16-25(37-5)17-15-24)28(33)20-32(27-18-21(2)12-13-22(27)3)38(35,36)26-10-8-7-9-11-26/h7-18,23H,6,19-20H2,1-5H3,(H,30,34). The number of rotatable bonds is 11. The van der Waals surface area contributed by atoms with Crippen LogP contribution in [0.15, 0.2) is 77.7 Å². The summed E-state index contributed by atoms with van der Waals surface area (Å²) in [5, 5.41) is 2.76. The molecule has 2 amide bonds. The normalized spacial score (nSPS) is 11.9. The number of carbonyl (C=O) groups excluding carboxylic acids is 2.